The molecule has 0 aromatic heterocycles. The fourth-order valence-corrected chi connectivity index (χ4v) is 4.95. The summed E-state index contributed by atoms with van der Waals surface area (Å²) in [6.07, 6.45) is 4.79. The number of hydrogen-bond acceptors (Lipinski definition) is 3. The number of thioether (sulfide) groups is 1. The third kappa shape index (κ3) is 3.15. The molecule has 1 unspecified atom stereocenters. The molecule has 1 aromatic carbocycles. The number of benzene rings is 1. The summed E-state index contributed by atoms with van der Waals surface area (Å²) in [5.41, 5.74) is 9.54. The van der Waals surface area contributed by atoms with Crippen molar-refractivity contribution >= 4 is 11.8 Å². The summed E-state index contributed by atoms with van der Waals surface area (Å²) in [5, 5.41) is 0. The van der Waals surface area contributed by atoms with Crippen molar-refractivity contribution in [1.29, 1.82) is 0 Å². The summed E-state index contributed by atoms with van der Waals surface area (Å²) in [7, 11) is 0. The molecule has 0 radical (unpaired) electrons. The van der Waals surface area contributed by atoms with Crippen molar-refractivity contribution < 1.29 is 0 Å². The Labute approximate surface area is 133 Å². The first-order chi connectivity index (χ1) is 10.0. The van der Waals surface area contributed by atoms with Crippen molar-refractivity contribution in [3.05, 3.63) is 35.4 Å². The Hall–Kier alpha value is -0.510. The van der Waals surface area contributed by atoms with Crippen LogP contribution in [0.25, 0.3) is 0 Å². The smallest absolute Gasteiger partial charge is 0.0375 e. The Kier molecular flexibility index (Phi) is 4.35. The third-order valence-electron chi connectivity index (χ3n) is 5.39. The molecule has 0 saturated carbocycles. The van der Waals surface area contributed by atoms with Gasteiger partial charge in [0.05, 0.1) is 0 Å². The molecule has 2 nitrogen and oxygen atoms in total. The van der Waals surface area contributed by atoms with Crippen LogP contribution in [0.15, 0.2) is 24.3 Å². The van der Waals surface area contributed by atoms with E-state index in [0.29, 0.717) is 4.75 Å². The molecule has 1 atom stereocenters. The number of hydrogen-bond donors (Lipinski definition) is 1. The zero-order valence-corrected chi connectivity index (χ0v) is 14.2. The van der Waals surface area contributed by atoms with Crippen LogP contribution in [0.3, 0.4) is 0 Å². The number of nitrogens with zero attached hydrogens (tertiary/aromatic N) is 1. The Morgan fingerprint density at radius 1 is 1.14 bits per heavy atom. The normalized spacial score (nSPS) is 29.7. The highest BCUT2D eigenvalue weighted by atomic mass is 32.2. The van der Waals surface area contributed by atoms with Crippen LogP contribution >= 0.6 is 11.8 Å². The van der Waals surface area contributed by atoms with Crippen molar-refractivity contribution in [2.24, 2.45) is 5.73 Å². The molecule has 1 heterocycles. The molecule has 1 aliphatic carbocycles. The van der Waals surface area contributed by atoms with Crippen molar-refractivity contribution in [1.82, 2.24) is 4.90 Å². The van der Waals surface area contributed by atoms with Crippen molar-refractivity contribution in [3.8, 4) is 0 Å². The monoisotopic (exact) mass is 304 g/mol. The van der Waals surface area contributed by atoms with Crippen molar-refractivity contribution in [2.45, 2.75) is 49.8 Å². The van der Waals surface area contributed by atoms with E-state index in [9.17, 15) is 0 Å². The molecule has 2 N–H and O–H groups in total. The quantitative estimate of drug-likeness (QED) is 0.910. The minimum atomic E-state index is 0.190. The molecule has 21 heavy (non-hydrogen) atoms. The van der Waals surface area contributed by atoms with Gasteiger partial charge >= 0.3 is 0 Å². The highest BCUT2D eigenvalue weighted by molar-refractivity contribution is 8.00. The first-order valence-corrected chi connectivity index (χ1v) is 9.19. The van der Waals surface area contributed by atoms with Gasteiger partial charge in [-0.1, -0.05) is 38.1 Å². The standard InChI is InChI=1S/C18H28N2S/c1-17(2)9-10-20(11-12-21-17)18(14-19)8-7-15-5-3-4-6-16(15)13-18/h3-6H,7-14,19H2,1-2H3. The van der Waals surface area contributed by atoms with Crippen LogP contribution in [-0.4, -0.2) is 40.6 Å². The SMILES string of the molecule is CC1(C)CCN(C2(CN)CCc3ccccc3C2)CCS1. The van der Waals surface area contributed by atoms with Crippen LogP contribution in [0, 0.1) is 0 Å². The van der Waals surface area contributed by atoms with Gasteiger partial charge in [0.15, 0.2) is 0 Å². The molecule has 2 aliphatic rings. The number of aryl methyl sites for hydroxylation is 1. The average Bonchev–Trinajstić information content (AvgIpc) is 2.68. The van der Waals surface area contributed by atoms with Crippen LogP contribution in [0.5, 0.6) is 0 Å². The topological polar surface area (TPSA) is 29.3 Å². The first kappa shape index (κ1) is 15.4. The van der Waals surface area contributed by atoms with Gasteiger partial charge in [0.1, 0.15) is 0 Å². The van der Waals surface area contributed by atoms with Gasteiger partial charge in [0, 0.05) is 35.7 Å². The molecule has 1 saturated heterocycles. The zero-order valence-electron chi connectivity index (χ0n) is 13.4. The summed E-state index contributed by atoms with van der Waals surface area (Å²) >= 11 is 2.12. The molecule has 0 amide bonds. The lowest BCUT2D eigenvalue weighted by atomic mass is 9.76. The second-order valence-corrected chi connectivity index (χ2v) is 9.02. The molecule has 3 heteroatoms. The number of nitrogens with two attached hydrogens (primary N) is 1. The van der Waals surface area contributed by atoms with E-state index >= 15 is 0 Å². The maximum absolute atomic E-state index is 6.30. The van der Waals surface area contributed by atoms with Gasteiger partial charge < -0.3 is 5.73 Å². The van der Waals surface area contributed by atoms with Crippen LogP contribution in [0.1, 0.15) is 37.8 Å². The van der Waals surface area contributed by atoms with Crippen LogP contribution in [0.4, 0.5) is 0 Å². The lowest BCUT2D eigenvalue weighted by molar-refractivity contribution is 0.0847. The number of fused-ring (bicyclic) bond motifs is 1. The number of rotatable bonds is 2. The zero-order chi connectivity index (χ0) is 14.9. The van der Waals surface area contributed by atoms with Gasteiger partial charge in [-0.2, -0.15) is 11.8 Å². The van der Waals surface area contributed by atoms with Gasteiger partial charge in [-0.25, -0.2) is 0 Å². The minimum absolute atomic E-state index is 0.190. The predicted molar refractivity (Wildman–Crippen MR) is 93.0 cm³/mol. The van der Waals surface area contributed by atoms with Crippen LogP contribution in [-0.2, 0) is 12.8 Å². The summed E-state index contributed by atoms with van der Waals surface area (Å²) in [5.74, 6) is 1.23. The van der Waals surface area contributed by atoms with E-state index in [-0.39, 0.29) is 5.54 Å². The van der Waals surface area contributed by atoms with Gasteiger partial charge in [0.25, 0.3) is 0 Å². The molecule has 0 spiro atoms. The van der Waals surface area contributed by atoms with E-state index in [1.165, 1.54) is 49.2 Å². The summed E-state index contributed by atoms with van der Waals surface area (Å²) in [6.45, 7) is 7.93. The Morgan fingerprint density at radius 3 is 2.67 bits per heavy atom. The molecular weight excluding hydrogens is 276 g/mol. The second kappa shape index (κ2) is 5.94. The molecule has 3 rings (SSSR count). The largest absolute Gasteiger partial charge is 0.329 e. The second-order valence-electron chi connectivity index (χ2n) is 7.22. The van der Waals surface area contributed by atoms with Crippen molar-refractivity contribution in [3.63, 3.8) is 0 Å². The van der Waals surface area contributed by atoms with E-state index in [2.05, 4.69) is 54.8 Å². The highest BCUT2D eigenvalue weighted by Gasteiger charge is 2.40. The fraction of sp³-hybridized carbons (Fsp3) is 0.667. The Morgan fingerprint density at radius 2 is 1.90 bits per heavy atom. The van der Waals surface area contributed by atoms with E-state index in [1.54, 1.807) is 0 Å². The fourth-order valence-electron chi connectivity index (χ4n) is 3.85. The maximum atomic E-state index is 6.30. The first-order valence-electron chi connectivity index (χ1n) is 8.21. The van der Waals surface area contributed by atoms with Crippen LogP contribution < -0.4 is 5.73 Å². The summed E-state index contributed by atoms with van der Waals surface area (Å²) < 4.78 is 0.414. The maximum Gasteiger partial charge on any atom is 0.0375 e. The lowest BCUT2D eigenvalue weighted by Crippen LogP contribution is -2.57. The molecule has 1 aromatic rings. The Bertz CT molecular complexity index is 500. The van der Waals surface area contributed by atoms with Crippen LogP contribution in [0.2, 0.25) is 0 Å². The predicted octanol–water partition coefficient (Wildman–Crippen LogP) is 3.09. The third-order valence-corrected chi connectivity index (χ3v) is 6.76. The average molecular weight is 305 g/mol. The van der Waals surface area contributed by atoms with E-state index in [0.717, 1.165) is 13.0 Å². The van der Waals surface area contributed by atoms with E-state index in [1.807, 2.05) is 0 Å². The summed E-state index contributed by atoms with van der Waals surface area (Å²) in [6, 6.07) is 8.93. The van der Waals surface area contributed by atoms with Gasteiger partial charge in [-0.05, 0) is 36.8 Å². The highest BCUT2D eigenvalue weighted by Crippen LogP contribution is 2.37. The van der Waals surface area contributed by atoms with E-state index in [4.69, 9.17) is 5.73 Å². The molecule has 116 valence electrons. The minimum Gasteiger partial charge on any atom is -0.329 e. The van der Waals surface area contributed by atoms with Gasteiger partial charge in [-0.3, -0.25) is 4.90 Å². The van der Waals surface area contributed by atoms with Gasteiger partial charge in [-0.15, -0.1) is 0 Å². The molecule has 0 bridgehead atoms. The Balaban J connectivity index is 1.82. The molecule has 1 fully saturated rings. The summed E-state index contributed by atoms with van der Waals surface area (Å²) in [4.78, 5) is 2.71. The van der Waals surface area contributed by atoms with E-state index < -0.39 is 0 Å². The molecular formula is C18H28N2S. The lowest BCUT2D eigenvalue weighted by Gasteiger charge is -2.46. The van der Waals surface area contributed by atoms with Crippen molar-refractivity contribution in [2.75, 3.05) is 25.4 Å². The molecule has 1 aliphatic heterocycles. The van der Waals surface area contributed by atoms with Gasteiger partial charge in [0.2, 0.25) is 0 Å².